The first-order valence-electron chi connectivity index (χ1n) is 7.23. The molecule has 0 aromatic heterocycles. The Kier molecular flexibility index (Phi) is 4.84. The van der Waals surface area contributed by atoms with E-state index < -0.39 is 9.84 Å². The highest BCUT2D eigenvalue weighted by atomic mass is 32.2. The summed E-state index contributed by atoms with van der Waals surface area (Å²) in [4.78, 5) is 0. The summed E-state index contributed by atoms with van der Waals surface area (Å²) in [6, 6.07) is 0.0494. The lowest BCUT2D eigenvalue weighted by atomic mass is 9.96. The molecule has 2 atom stereocenters. The van der Waals surface area contributed by atoms with Gasteiger partial charge in [-0.05, 0) is 45.6 Å². The lowest BCUT2D eigenvalue weighted by Crippen LogP contribution is -2.46. The van der Waals surface area contributed by atoms with Gasteiger partial charge in [-0.15, -0.1) is 0 Å². The maximum Gasteiger partial charge on any atom is 0.155 e. The highest BCUT2D eigenvalue weighted by Crippen LogP contribution is 2.29. The normalized spacial score (nSPS) is 30.3. The highest BCUT2D eigenvalue weighted by molar-refractivity contribution is 7.92. The molecule has 0 spiro atoms. The van der Waals surface area contributed by atoms with Gasteiger partial charge < -0.3 is 5.32 Å². The Hall–Kier alpha value is -0.350. The first-order valence-corrected chi connectivity index (χ1v) is 8.94. The second kappa shape index (κ2) is 6.20. The molecule has 18 heavy (non-hydrogen) atoms. The van der Waals surface area contributed by atoms with Crippen LogP contribution in [0.2, 0.25) is 0 Å². The Labute approximate surface area is 111 Å². The van der Waals surface area contributed by atoms with Gasteiger partial charge in [0.05, 0.1) is 11.0 Å². The number of allylic oxidation sites excluding steroid dienone is 1. The summed E-state index contributed by atoms with van der Waals surface area (Å²) >= 11 is 0. The van der Waals surface area contributed by atoms with Crippen LogP contribution in [0.1, 0.15) is 51.4 Å². The van der Waals surface area contributed by atoms with Gasteiger partial charge in [0.25, 0.3) is 0 Å². The molecule has 0 aromatic rings. The summed E-state index contributed by atoms with van der Waals surface area (Å²) in [6.07, 6.45) is 10.9. The Balaban J connectivity index is 2.18. The second-order valence-corrected chi connectivity index (χ2v) is 7.89. The Morgan fingerprint density at radius 1 is 1.22 bits per heavy atom. The summed E-state index contributed by atoms with van der Waals surface area (Å²) in [6.45, 7) is 0. The quantitative estimate of drug-likeness (QED) is 0.802. The topological polar surface area (TPSA) is 46.2 Å². The van der Waals surface area contributed by atoms with Crippen LogP contribution in [-0.2, 0) is 9.84 Å². The molecule has 4 heteroatoms. The minimum Gasteiger partial charge on any atom is -0.312 e. The number of nitrogens with one attached hydrogen (secondary N) is 1. The van der Waals surface area contributed by atoms with E-state index >= 15 is 0 Å². The third-order valence-electron chi connectivity index (χ3n) is 4.29. The van der Waals surface area contributed by atoms with Gasteiger partial charge in [-0.3, -0.25) is 0 Å². The van der Waals surface area contributed by atoms with Crippen molar-refractivity contribution in [3.63, 3.8) is 0 Å². The van der Waals surface area contributed by atoms with Crippen molar-refractivity contribution in [1.29, 1.82) is 0 Å². The molecular weight excluding hydrogens is 246 g/mol. The molecule has 1 N–H and O–H groups in total. The average molecular weight is 271 g/mol. The number of hydrogen-bond acceptors (Lipinski definition) is 3. The molecule has 2 unspecified atom stereocenters. The van der Waals surface area contributed by atoms with E-state index in [-0.39, 0.29) is 11.3 Å². The van der Waals surface area contributed by atoms with Gasteiger partial charge in [-0.2, -0.15) is 0 Å². The summed E-state index contributed by atoms with van der Waals surface area (Å²) in [7, 11) is -0.996. The van der Waals surface area contributed by atoms with Crippen molar-refractivity contribution < 1.29 is 8.42 Å². The lowest BCUT2D eigenvalue weighted by molar-refractivity contribution is 0.481. The molecule has 0 bridgehead atoms. The molecule has 0 aromatic carbocycles. The zero-order valence-corrected chi connectivity index (χ0v) is 12.1. The molecular formula is C14H25NO2S. The maximum atomic E-state index is 12.2. The predicted molar refractivity (Wildman–Crippen MR) is 75.4 cm³/mol. The Morgan fingerprint density at radius 3 is 2.78 bits per heavy atom. The number of sulfone groups is 1. The fourth-order valence-electron chi connectivity index (χ4n) is 3.29. The van der Waals surface area contributed by atoms with Crippen LogP contribution in [0.3, 0.4) is 0 Å². The molecule has 1 heterocycles. The van der Waals surface area contributed by atoms with Crippen molar-refractivity contribution in [3.05, 3.63) is 11.6 Å². The maximum absolute atomic E-state index is 12.2. The third-order valence-corrected chi connectivity index (χ3v) is 6.58. The van der Waals surface area contributed by atoms with Gasteiger partial charge in [0.15, 0.2) is 9.84 Å². The van der Waals surface area contributed by atoms with E-state index in [2.05, 4.69) is 11.4 Å². The van der Waals surface area contributed by atoms with Crippen molar-refractivity contribution in [2.24, 2.45) is 0 Å². The van der Waals surface area contributed by atoms with E-state index in [1.54, 1.807) is 0 Å². The van der Waals surface area contributed by atoms with E-state index in [1.807, 2.05) is 7.05 Å². The molecule has 104 valence electrons. The van der Waals surface area contributed by atoms with Gasteiger partial charge in [-0.25, -0.2) is 8.42 Å². The number of rotatable bonds is 3. The Bertz CT molecular complexity index is 400. The largest absolute Gasteiger partial charge is 0.312 e. The van der Waals surface area contributed by atoms with Crippen LogP contribution in [0.15, 0.2) is 11.6 Å². The second-order valence-electron chi connectivity index (χ2n) is 5.55. The molecule has 0 saturated carbocycles. The van der Waals surface area contributed by atoms with Gasteiger partial charge in [0.2, 0.25) is 0 Å². The fraction of sp³-hybridized carbons (Fsp3) is 0.857. The zero-order chi connectivity index (χ0) is 13.0. The molecule has 1 saturated heterocycles. The van der Waals surface area contributed by atoms with E-state index in [1.165, 1.54) is 24.8 Å². The van der Waals surface area contributed by atoms with E-state index in [9.17, 15) is 8.42 Å². The van der Waals surface area contributed by atoms with E-state index in [4.69, 9.17) is 0 Å². The summed E-state index contributed by atoms with van der Waals surface area (Å²) in [5.41, 5.74) is 1.34. The minimum atomic E-state index is -2.90. The van der Waals surface area contributed by atoms with Crippen LogP contribution in [0.4, 0.5) is 0 Å². The standard InChI is InChI=1S/C14H25NO2S/c1-15-14(12-8-4-2-3-5-9-12)13-10-6-7-11-18(13,16)17/h8,13-15H,2-7,9-11H2,1H3. The van der Waals surface area contributed by atoms with Crippen LogP contribution in [0, 0.1) is 0 Å². The van der Waals surface area contributed by atoms with Crippen molar-refractivity contribution >= 4 is 9.84 Å². The fourth-order valence-corrected chi connectivity index (χ4v) is 5.45. The predicted octanol–water partition coefficient (Wildman–Crippen LogP) is 2.43. The van der Waals surface area contributed by atoms with Gasteiger partial charge in [0, 0.05) is 6.04 Å². The summed E-state index contributed by atoms with van der Waals surface area (Å²) in [5, 5.41) is 3.08. The minimum absolute atomic E-state index is 0.0494. The number of likely N-dealkylation sites (N-methyl/N-ethyl adjacent to an activating group) is 1. The van der Waals surface area contributed by atoms with E-state index in [0.29, 0.717) is 5.75 Å². The smallest absolute Gasteiger partial charge is 0.155 e. The zero-order valence-electron chi connectivity index (χ0n) is 11.3. The third kappa shape index (κ3) is 3.15. The van der Waals surface area contributed by atoms with Crippen molar-refractivity contribution in [2.45, 2.75) is 62.7 Å². The van der Waals surface area contributed by atoms with Gasteiger partial charge >= 0.3 is 0 Å². The van der Waals surface area contributed by atoms with Crippen LogP contribution in [0.5, 0.6) is 0 Å². The van der Waals surface area contributed by atoms with Crippen LogP contribution >= 0.6 is 0 Å². The molecule has 3 nitrogen and oxygen atoms in total. The Morgan fingerprint density at radius 2 is 2.06 bits per heavy atom. The summed E-state index contributed by atoms with van der Waals surface area (Å²) in [5.74, 6) is 0.378. The van der Waals surface area contributed by atoms with Crippen molar-refractivity contribution in [1.82, 2.24) is 5.32 Å². The average Bonchev–Trinajstić information content (AvgIpc) is 2.61. The van der Waals surface area contributed by atoms with E-state index in [0.717, 1.165) is 32.1 Å². The lowest BCUT2D eigenvalue weighted by Gasteiger charge is -2.31. The van der Waals surface area contributed by atoms with Gasteiger partial charge in [-0.1, -0.05) is 24.5 Å². The molecule has 1 fully saturated rings. The van der Waals surface area contributed by atoms with Crippen LogP contribution < -0.4 is 5.32 Å². The molecule has 1 aliphatic carbocycles. The first-order chi connectivity index (χ1) is 8.65. The van der Waals surface area contributed by atoms with Crippen molar-refractivity contribution in [3.8, 4) is 0 Å². The van der Waals surface area contributed by atoms with Crippen LogP contribution in [0.25, 0.3) is 0 Å². The monoisotopic (exact) mass is 271 g/mol. The molecule has 0 amide bonds. The highest BCUT2D eigenvalue weighted by Gasteiger charge is 2.36. The molecule has 1 aliphatic heterocycles. The van der Waals surface area contributed by atoms with Gasteiger partial charge in [0.1, 0.15) is 0 Å². The van der Waals surface area contributed by atoms with Crippen molar-refractivity contribution in [2.75, 3.05) is 12.8 Å². The number of hydrogen-bond donors (Lipinski definition) is 1. The SMILES string of the molecule is CNC(C1=CCCCCC1)C1CCCCS1(=O)=O. The molecule has 2 aliphatic rings. The molecule has 2 rings (SSSR count). The first kappa shape index (κ1) is 14.1. The van der Waals surface area contributed by atoms with Crippen LogP contribution in [-0.4, -0.2) is 32.5 Å². The molecule has 0 radical (unpaired) electrons. The summed E-state index contributed by atoms with van der Waals surface area (Å²) < 4.78 is 24.5.